The van der Waals surface area contributed by atoms with E-state index in [1.165, 1.54) is 0 Å². The lowest BCUT2D eigenvalue weighted by Gasteiger charge is -2.33. The van der Waals surface area contributed by atoms with Gasteiger partial charge in [-0.1, -0.05) is 18.2 Å². The summed E-state index contributed by atoms with van der Waals surface area (Å²) in [6, 6.07) is 7.37. The summed E-state index contributed by atoms with van der Waals surface area (Å²) >= 11 is 0. The molecule has 2 aliphatic heterocycles. The molecule has 1 aromatic rings. The highest BCUT2D eigenvalue weighted by atomic mass is 16.7. The molecule has 2 aliphatic rings. The normalized spacial score (nSPS) is 25.4. The van der Waals surface area contributed by atoms with Crippen LogP contribution in [0.4, 0.5) is 0 Å². The van der Waals surface area contributed by atoms with E-state index in [4.69, 9.17) is 4.74 Å². The van der Waals surface area contributed by atoms with Crippen LogP contribution in [0.1, 0.15) is 11.7 Å². The van der Waals surface area contributed by atoms with Gasteiger partial charge in [0.1, 0.15) is 5.75 Å². The third-order valence-electron chi connectivity index (χ3n) is 2.51. The summed E-state index contributed by atoms with van der Waals surface area (Å²) in [6.45, 7) is 0. The summed E-state index contributed by atoms with van der Waals surface area (Å²) in [4.78, 5) is 10.7. The molecule has 0 amide bonds. The third-order valence-corrected chi connectivity index (χ3v) is 2.51. The van der Waals surface area contributed by atoms with Crippen molar-refractivity contribution in [2.45, 2.75) is 12.3 Å². The number of ether oxygens (including phenoxy) is 1. The summed E-state index contributed by atoms with van der Waals surface area (Å²) in [6.07, 6.45) is -1.11. The van der Waals surface area contributed by atoms with Gasteiger partial charge in [0.15, 0.2) is 11.3 Å². The van der Waals surface area contributed by atoms with Gasteiger partial charge < -0.3 is 14.9 Å². The molecule has 1 N–H and O–H groups in total. The zero-order chi connectivity index (χ0) is 11.1. The van der Waals surface area contributed by atoms with Gasteiger partial charge in [-0.05, 0) is 6.07 Å². The number of fused-ring (bicyclic) bond motifs is 1. The van der Waals surface area contributed by atoms with Gasteiger partial charge >= 0.3 is 0 Å². The number of nitrogens with one attached hydrogen (secondary N) is 1. The molecular formula is C8H7N5O3. The Balaban J connectivity index is 1.85. The molecule has 16 heavy (non-hydrogen) atoms. The van der Waals surface area contributed by atoms with Gasteiger partial charge in [0.25, 0.3) is 0 Å². The van der Waals surface area contributed by atoms with Crippen molar-refractivity contribution in [1.29, 1.82) is 0 Å². The molecule has 0 radical (unpaired) electrons. The second kappa shape index (κ2) is 3.05. The van der Waals surface area contributed by atoms with Crippen LogP contribution in [-0.4, -0.2) is 16.3 Å². The van der Waals surface area contributed by atoms with Crippen molar-refractivity contribution in [2.75, 3.05) is 0 Å². The first-order valence-corrected chi connectivity index (χ1v) is 4.62. The minimum Gasteiger partial charge on any atom is -0.481 e. The van der Waals surface area contributed by atoms with Gasteiger partial charge in [0.2, 0.25) is 6.17 Å². The molecule has 8 heteroatoms. The van der Waals surface area contributed by atoms with Crippen LogP contribution in [0.2, 0.25) is 0 Å². The van der Waals surface area contributed by atoms with Crippen LogP contribution in [0.3, 0.4) is 0 Å². The zero-order valence-electron chi connectivity index (χ0n) is 7.98. The summed E-state index contributed by atoms with van der Waals surface area (Å²) in [7, 11) is 0. The van der Waals surface area contributed by atoms with Gasteiger partial charge in [0.05, 0.1) is 15.4 Å². The van der Waals surface area contributed by atoms with Crippen molar-refractivity contribution >= 4 is 0 Å². The molecule has 0 spiro atoms. The Morgan fingerprint density at radius 1 is 1.50 bits per heavy atom. The molecule has 3 rings (SSSR count). The van der Waals surface area contributed by atoms with Crippen molar-refractivity contribution in [1.82, 2.24) is 10.5 Å². The molecule has 0 bridgehead atoms. The van der Waals surface area contributed by atoms with Gasteiger partial charge in [-0.25, -0.2) is 5.43 Å². The van der Waals surface area contributed by atoms with Gasteiger partial charge in [0, 0.05) is 5.56 Å². The van der Waals surface area contributed by atoms with Gasteiger partial charge in [-0.3, -0.25) is 0 Å². The summed E-state index contributed by atoms with van der Waals surface area (Å²) in [5.74, 6) is 0.740. The topological polar surface area (TPSA) is 92.4 Å². The van der Waals surface area contributed by atoms with E-state index in [2.05, 4.69) is 15.9 Å². The van der Waals surface area contributed by atoms with E-state index in [0.717, 1.165) is 11.3 Å². The Morgan fingerprint density at radius 3 is 3.06 bits per heavy atom. The molecule has 0 saturated heterocycles. The average Bonchev–Trinajstić information content (AvgIpc) is 2.68. The Hall–Kier alpha value is -2.38. The molecule has 8 nitrogen and oxygen atoms in total. The molecule has 1 aromatic carbocycles. The highest BCUT2D eigenvalue weighted by Crippen LogP contribution is 2.42. The maximum Gasteiger partial charge on any atom is 0.245 e. The first-order valence-electron chi connectivity index (χ1n) is 4.62. The van der Waals surface area contributed by atoms with E-state index in [1.807, 2.05) is 24.3 Å². The fourth-order valence-corrected chi connectivity index (χ4v) is 1.76. The van der Waals surface area contributed by atoms with Crippen molar-refractivity contribution in [3.8, 4) is 5.75 Å². The van der Waals surface area contributed by atoms with E-state index >= 15 is 0 Å². The Morgan fingerprint density at radius 2 is 2.31 bits per heavy atom. The van der Waals surface area contributed by atoms with E-state index in [0.29, 0.717) is 5.12 Å². The number of hydrogen-bond acceptors (Lipinski definition) is 6. The molecule has 0 aliphatic carbocycles. The second-order valence-electron chi connectivity index (χ2n) is 3.40. The standard InChI is InChI=1S/C8H7N5O3/c14-13(15)12-8(9-10-11-12)7-5-3-1-2-4-6(5)16-7/h1-4,7-8H,(H,9,11). The van der Waals surface area contributed by atoms with Crippen LogP contribution in [0, 0.1) is 10.1 Å². The zero-order valence-corrected chi connectivity index (χ0v) is 7.98. The molecule has 0 aromatic heterocycles. The summed E-state index contributed by atoms with van der Waals surface area (Å²) in [5.41, 5.74) is 3.46. The number of benzene rings is 1. The smallest absolute Gasteiger partial charge is 0.245 e. The highest BCUT2D eigenvalue weighted by molar-refractivity contribution is 5.42. The number of nitrogens with zero attached hydrogens (tertiary/aromatic N) is 4. The largest absolute Gasteiger partial charge is 0.481 e. The van der Waals surface area contributed by atoms with Crippen LogP contribution < -0.4 is 10.2 Å². The predicted molar refractivity (Wildman–Crippen MR) is 50.4 cm³/mol. The van der Waals surface area contributed by atoms with Crippen LogP contribution in [0.15, 0.2) is 34.7 Å². The van der Waals surface area contributed by atoms with Crippen molar-refractivity contribution in [3.63, 3.8) is 0 Å². The number of hydrogen-bond donors (Lipinski definition) is 1. The van der Waals surface area contributed by atoms with E-state index < -0.39 is 17.3 Å². The Kier molecular flexibility index (Phi) is 1.70. The Bertz CT molecular complexity index is 476. The van der Waals surface area contributed by atoms with Crippen LogP contribution >= 0.6 is 0 Å². The SMILES string of the molecule is O=[N+]([O-])N1N=NNC1C1Oc2ccccc21. The third kappa shape index (κ3) is 1.09. The Labute approximate surface area is 89.6 Å². The van der Waals surface area contributed by atoms with Crippen LogP contribution in [-0.2, 0) is 0 Å². The summed E-state index contributed by atoms with van der Waals surface area (Å²) in [5, 5.41) is 17.5. The lowest BCUT2D eigenvalue weighted by Crippen LogP contribution is -2.47. The lowest BCUT2D eigenvalue weighted by molar-refractivity contribution is -0.667. The second-order valence-corrected chi connectivity index (χ2v) is 3.40. The lowest BCUT2D eigenvalue weighted by atomic mass is 10.0. The fraction of sp³-hybridized carbons (Fsp3) is 0.250. The first-order chi connectivity index (χ1) is 7.77. The maximum absolute atomic E-state index is 10.7. The number of hydrazine groups is 1. The molecular weight excluding hydrogens is 214 g/mol. The predicted octanol–water partition coefficient (Wildman–Crippen LogP) is 0.825. The fourth-order valence-electron chi connectivity index (χ4n) is 1.76. The van der Waals surface area contributed by atoms with Gasteiger partial charge in [-0.2, -0.15) is 0 Å². The molecule has 0 fully saturated rings. The number of para-hydroxylation sites is 1. The molecule has 82 valence electrons. The number of rotatable bonds is 2. The highest BCUT2D eigenvalue weighted by Gasteiger charge is 2.46. The number of nitro groups is 1. The van der Waals surface area contributed by atoms with Crippen molar-refractivity contribution in [2.24, 2.45) is 10.4 Å². The van der Waals surface area contributed by atoms with E-state index in [1.54, 1.807) is 0 Å². The van der Waals surface area contributed by atoms with Crippen LogP contribution in [0.5, 0.6) is 5.75 Å². The molecule has 2 unspecified atom stereocenters. The first kappa shape index (κ1) is 8.89. The van der Waals surface area contributed by atoms with Crippen molar-refractivity contribution in [3.05, 3.63) is 39.9 Å². The minimum atomic E-state index is -0.690. The van der Waals surface area contributed by atoms with E-state index in [-0.39, 0.29) is 0 Å². The molecule has 2 heterocycles. The molecule has 0 saturated carbocycles. The monoisotopic (exact) mass is 221 g/mol. The summed E-state index contributed by atoms with van der Waals surface area (Å²) < 4.78 is 5.42. The van der Waals surface area contributed by atoms with Crippen LogP contribution in [0.25, 0.3) is 0 Å². The van der Waals surface area contributed by atoms with Gasteiger partial charge in [-0.15, -0.1) is 0 Å². The molecule has 2 atom stereocenters. The van der Waals surface area contributed by atoms with Crippen molar-refractivity contribution < 1.29 is 9.77 Å². The average molecular weight is 221 g/mol. The maximum atomic E-state index is 10.7. The quantitative estimate of drug-likeness (QED) is 0.589. The van der Waals surface area contributed by atoms with E-state index in [9.17, 15) is 10.1 Å². The minimum absolute atomic E-state index is 0.420.